The lowest BCUT2D eigenvalue weighted by Crippen LogP contribution is -2.59. The van der Waals surface area contributed by atoms with Gasteiger partial charge in [0.15, 0.2) is 0 Å². The Morgan fingerprint density at radius 2 is 2.09 bits per heavy atom. The van der Waals surface area contributed by atoms with Crippen LogP contribution in [0.3, 0.4) is 0 Å². The van der Waals surface area contributed by atoms with Gasteiger partial charge in [-0.3, -0.25) is 0 Å². The quantitative estimate of drug-likeness (QED) is 0.805. The molecule has 4 rings (SSSR count). The summed E-state index contributed by atoms with van der Waals surface area (Å²) in [7, 11) is 0. The number of ether oxygens (including phenoxy) is 1. The number of morpholine rings is 1. The Morgan fingerprint density at radius 1 is 1.30 bits per heavy atom. The molecule has 2 aliphatic carbocycles. The predicted octanol–water partition coefficient (Wildman–Crippen LogP) is 1.49. The fourth-order valence-electron chi connectivity index (χ4n) is 4.57. The topological polar surface area (TPSA) is 53.6 Å². The second-order valence-corrected chi connectivity index (χ2v) is 7.61. The van der Waals surface area contributed by atoms with Crippen molar-refractivity contribution in [2.75, 3.05) is 39.3 Å². The number of hydrogen-bond donors (Lipinski definition) is 2. The van der Waals surface area contributed by atoms with Gasteiger partial charge in [-0.25, -0.2) is 4.79 Å². The van der Waals surface area contributed by atoms with E-state index >= 15 is 0 Å². The van der Waals surface area contributed by atoms with Crippen molar-refractivity contribution in [3.8, 4) is 0 Å². The van der Waals surface area contributed by atoms with E-state index in [9.17, 15) is 18.0 Å². The molecular formula is C15H22F3N3O2. The summed E-state index contributed by atoms with van der Waals surface area (Å²) in [6.45, 7) is 1.93. The van der Waals surface area contributed by atoms with Gasteiger partial charge in [-0.2, -0.15) is 13.2 Å². The molecule has 2 saturated carbocycles. The molecule has 5 nitrogen and oxygen atoms in total. The molecule has 1 spiro atoms. The maximum atomic E-state index is 13.3. The van der Waals surface area contributed by atoms with Crippen molar-refractivity contribution in [3.63, 3.8) is 0 Å². The van der Waals surface area contributed by atoms with Gasteiger partial charge in [0.05, 0.1) is 24.2 Å². The normalized spacial score (nSPS) is 38.1. The molecule has 2 N–H and O–H groups in total. The number of piperidine rings is 1. The smallest absolute Gasteiger partial charge is 0.371 e. The Bertz CT molecular complexity index is 523. The van der Waals surface area contributed by atoms with E-state index in [4.69, 9.17) is 4.74 Å². The largest absolute Gasteiger partial charge is 0.396 e. The van der Waals surface area contributed by atoms with Gasteiger partial charge in [-0.05, 0) is 25.7 Å². The summed E-state index contributed by atoms with van der Waals surface area (Å²) in [5, 5.41) is 5.59. The zero-order valence-electron chi connectivity index (χ0n) is 13.0. The van der Waals surface area contributed by atoms with Crippen LogP contribution in [0.1, 0.15) is 25.7 Å². The molecule has 130 valence electrons. The molecule has 0 bridgehead atoms. The molecule has 4 fully saturated rings. The van der Waals surface area contributed by atoms with Crippen molar-refractivity contribution in [2.24, 2.45) is 10.8 Å². The minimum atomic E-state index is -4.21. The maximum absolute atomic E-state index is 13.3. The van der Waals surface area contributed by atoms with Crippen molar-refractivity contribution in [2.45, 2.75) is 37.5 Å². The minimum Gasteiger partial charge on any atom is -0.371 e. The van der Waals surface area contributed by atoms with Crippen molar-refractivity contribution < 1.29 is 22.7 Å². The fraction of sp³-hybridized carbons (Fsp3) is 0.933. The van der Waals surface area contributed by atoms with E-state index in [0.29, 0.717) is 26.2 Å². The Hall–Kier alpha value is -1.02. The molecule has 2 amide bonds. The summed E-state index contributed by atoms with van der Waals surface area (Å²) < 4.78 is 45.6. The molecule has 0 aromatic rings. The van der Waals surface area contributed by atoms with E-state index in [0.717, 1.165) is 19.3 Å². The molecule has 2 aliphatic heterocycles. The Labute approximate surface area is 132 Å². The molecule has 4 aliphatic rings. The van der Waals surface area contributed by atoms with E-state index in [1.807, 2.05) is 0 Å². The zero-order valence-corrected chi connectivity index (χ0v) is 13.0. The molecule has 0 aromatic heterocycles. The van der Waals surface area contributed by atoms with Crippen LogP contribution in [0.5, 0.6) is 0 Å². The Balaban J connectivity index is 1.36. The lowest BCUT2D eigenvalue weighted by molar-refractivity contribution is -0.190. The van der Waals surface area contributed by atoms with Crippen molar-refractivity contribution in [1.29, 1.82) is 0 Å². The van der Waals surface area contributed by atoms with Gasteiger partial charge in [0.25, 0.3) is 0 Å². The highest BCUT2D eigenvalue weighted by molar-refractivity contribution is 5.74. The Morgan fingerprint density at radius 3 is 2.70 bits per heavy atom. The van der Waals surface area contributed by atoms with Gasteiger partial charge in [0.2, 0.25) is 0 Å². The molecule has 2 heterocycles. The average molecular weight is 333 g/mol. The number of urea groups is 1. The third kappa shape index (κ3) is 2.17. The van der Waals surface area contributed by atoms with Crippen LogP contribution in [-0.4, -0.2) is 62.0 Å². The second-order valence-electron chi connectivity index (χ2n) is 7.61. The molecular weight excluding hydrogens is 311 g/mol. The lowest BCUT2D eigenvalue weighted by atomic mass is 9.79. The first-order valence-electron chi connectivity index (χ1n) is 8.26. The first-order chi connectivity index (χ1) is 10.8. The van der Waals surface area contributed by atoms with Crippen molar-refractivity contribution >= 4 is 6.03 Å². The maximum Gasteiger partial charge on any atom is 0.396 e. The van der Waals surface area contributed by atoms with Crippen LogP contribution < -0.4 is 10.6 Å². The third-order valence-electron chi connectivity index (χ3n) is 6.34. The van der Waals surface area contributed by atoms with E-state index in [-0.39, 0.29) is 31.1 Å². The summed E-state index contributed by atoms with van der Waals surface area (Å²) >= 11 is 0. The van der Waals surface area contributed by atoms with Gasteiger partial charge in [-0.1, -0.05) is 0 Å². The van der Waals surface area contributed by atoms with Crippen LogP contribution in [0.2, 0.25) is 0 Å². The van der Waals surface area contributed by atoms with Gasteiger partial charge in [0, 0.05) is 31.6 Å². The van der Waals surface area contributed by atoms with Gasteiger partial charge in [-0.15, -0.1) is 0 Å². The number of hydrogen-bond acceptors (Lipinski definition) is 3. The summed E-state index contributed by atoms with van der Waals surface area (Å²) in [6.07, 6.45) is -1.07. The first kappa shape index (κ1) is 15.5. The van der Waals surface area contributed by atoms with Crippen LogP contribution in [0.25, 0.3) is 0 Å². The highest BCUT2D eigenvalue weighted by Crippen LogP contribution is 2.72. The summed E-state index contributed by atoms with van der Waals surface area (Å²) in [6, 6.07) is -0.260. The Kier molecular flexibility index (Phi) is 3.20. The highest BCUT2D eigenvalue weighted by Gasteiger charge is 2.81. The molecule has 0 unspecified atom stereocenters. The summed E-state index contributed by atoms with van der Waals surface area (Å²) in [4.78, 5) is 14.0. The SMILES string of the molecule is O=C(NC[C@]12CNC[C@@]1(C(F)(F)F)C2)N1CCOC2(CCC2)C1. The van der Waals surface area contributed by atoms with Gasteiger partial charge < -0.3 is 20.3 Å². The van der Waals surface area contributed by atoms with Crippen LogP contribution in [0.15, 0.2) is 0 Å². The van der Waals surface area contributed by atoms with Crippen LogP contribution in [0, 0.1) is 10.8 Å². The second kappa shape index (κ2) is 4.75. The average Bonchev–Trinajstić information content (AvgIpc) is 3.00. The van der Waals surface area contributed by atoms with Crippen molar-refractivity contribution in [3.05, 3.63) is 0 Å². The van der Waals surface area contributed by atoms with E-state index in [1.54, 1.807) is 4.90 Å². The molecule has 2 atom stereocenters. The number of carbonyl (C=O) groups excluding carboxylic acids is 1. The minimum absolute atomic E-state index is 0.0347. The number of halogens is 3. The monoisotopic (exact) mass is 333 g/mol. The molecule has 0 radical (unpaired) electrons. The third-order valence-corrected chi connectivity index (χ3v) is 6.34. The van der Waals surface area contributed by atoms with Gasteiger partial charge >= 0.3 is 12.2 Å². The molecule has 2 saturated heterocycles. The summed E-state index contributed by atoms with van der Waals surface area (Å²) in [5.41, 5.74) is -2.70. The summed E-state index contributed by atoms with van der Waals surface area (Å²) in [5.74, 6) is 0. The van der Waals surface area contributed by atoms with Gasteiger partial charge in [0.1, 0.15) is 0 Å². The molecule has 0 aromatic carbocycles. The number of nitrogens with one attached hydrogen (secondary N) is 2. The van der Waals surface area contributed by atoms with E-state index < -0.39 is 17.0 Å². The number of carbonyl (C=O) groups is 1. The van der Waals surface area contributed by atoms with Crippen molar-refractivity contribution in [1.82, 2.24) is 15.5 Å². The van der Waals surface area contributed by atoms with Crippen LogP contribution >= 0.6 is 0 Å². The number of nitrogens with zero attached hydrogens (tertiary/aromatic N) is 1. The zero-order chi connectivity index (χ0) is 16.3. The van der Waals surface area contributed by atoms with Crippen LogP contribution in [-0.2, 0) is 4.74 Å². The lowest BCUT2D eigenvalue weighted by Gasteiger charge is -2.48. The predicted molar refractivity (Wildman–Crippen MR) is 75.9 cm³/mol. The number of alkyl halides is 3. The number of fused-ring (bicyclic) bond motifs is 1. The first-order valence-corrected chi connectivity index (χ1v) is 8.26. The molecule has 8 heteroatoms. The van der Waals surface area contributed by atoms with E-state index in [2.05, 4.69) is 10.6 Å². The standard InChI is InChI=1S/C15H22F3N3O2/c16-15(17,18)14-6-12(14,7-19-9-14)8-20-11(22)21-4-5-23-13(10-21)2-1-3-13/h19H,1-10H2,(H,20,22)/t12-,14-/m0/s1. The number of amides is 2. The molecule has 23 heavy (non-hydrogen) atoms. The van der Waals surface area contributed by atoms with Crippen LogP contribution in [0.4, 0.5) is 18.0 Å². The van der Waals surface area contributed by atoms with E-state index in [1.165, 1.54) is 0 Å². The number of rotatable bonds is 2. The highest BCUT2D eigenvalue weighted by atomic mass is 19.4. The fourth-order valence-corrected chi connectivity index (χ4v) is 4.57.